The number of nitrogens with zero attached hydrogens (tertiary/aromatic N) is 2. The summed E-state index contributed by atoms with van der Waals surface area (Å²) in [7, 11) is 0. The fraction of sp³-hybridized carbons (Fsp3) is 0.105. The van der Waals surface area contributed by atoms with Crippen molar-refractivity contribution in [3.8, 4) is 11.3 Å². The van der Waals surface area contributed by atoms with E-state index < -0.39 is 11.9 Å². The summed E-state index contributed by atoms with van der Waals surface area (Å²) in [5, 5.41) is 4.13. The maximum absolute atomic E-state index is 12.5. The summed E-state index contributed by atoms with van der Waals surface area (Å²) in [5.74, 6) is -0.819. The molecule has 3 aromatic rings. The zero-order chi connectivity index (χ0) is 18.1. The topological polar surface area (TPSA) is 83.4 Å². The van der Waals surface area contributed by atoms with Crippen LogP contribution in [0.4, 0.5) is 4.79 Å². The Balaban J connectivity index is 1.66. The fourth-order valence-electron chi connectivity index (χ4n) is 3.09. The predicted molar refractivity (Wildman–Crippen MR) is 95.8 cm³/mol. The monoisotopic (exact) mass is 348 g/mol. The van der Waals surface area contributed by atoms with Gasteiger partial charge in [-0.2, -0.15) is 0 Å². The molecule has 7 heteroatoms. The van der Waals surface area contributed by atoms with Crippen LogP contribution in [0.5, 0.6) is 0 Å². The molecule has 1 aliphatic heterocycles. The van der Waals surface area contributed by atoms with E-state index in [1.165, 1.54) is 0 Å². The molecule has 2 N–H and O–H groups in total. The van der Waals surface area contributed by atoms with E-state index >= 15 is 0 Å². The molecule has 1 aliphatic rings. The minimum absolute atomic E-state index is 0.0235. The molecule has 130 valence electrons. The minimum atomic E-state index is -0.621. The van der Waals surface area contributed by atoms with E-state index in [4.69, 9.17) is 0 Å². The third-order valence-electron chi connectivity index (χ3n) is 4.23. The maximum atomic E-state index is 12.5. The van der Waals surface area contributed by atoms with Crippen LogP contribution in [0.25, 0.3) is 22.2 Å². The zero-order valence-electron chi connectivity index (χ0n) is 13.8. The Kier molecular flexibility index (Phi) is 3.89. The second-order valence-electron chi connectivity index (χ2n) is 6.02. The molecule has 7 nitrogen and oxygen atoms in total. The number of para-hydroxylation sites is 1. The van der Waals surface area contributed by atoms with Crippen molar-refractivity contribution in [2.75, 3.05) is 6.54 Å². The van der Waals surface area contributed by atoms with E-state index in [1.807, 2.05) is 65.2 Å². The number of rotatable bonds is 4. The molecule has 4 amide bonds. The molecule has 2 heterocycles. The van der Waals surface area contributed by atoms with Gasteiger partial charge in [0.25, 0.3) is 5.91 Å². The van der Waals surface area contributed by atoms with Gasteiger partial charge in [0.15, 0.2) is 0 Å². The Hall–Kier alpha value is -3.61. The van der Waals surface area contributed by atoms with E-state index in [1.54, 1.807) is 0 Å². The van der Waals surface area contributed by atoms with E-state index in [-0.39, 0.29) is 19.0 Å². The number of hydrogen-bond donors (Lipinski definition) is 2. The summed E-state index contributed by atoms with van der Waals surface area (Å²) in [5.41, 5.74) is 5.30. The fourth-order valence-corrected chi connectivity index (χ4v) is 3.09. The highest BCUT2D eigenvalue weighted by Gasteiger charge is 2.28. The van der Waals surface area contributed by atoms with Crippen LogP contribution >= 0.6 is 0 Å². The average molecular weight is 348 g/mol. The number of hydrazine groups is 1. The third-order valence-corrected chi connectivity index (χ3v) is 4.23. The molecule has 0 aliphatic carbocycles. The molecule has 4 rings (SSSR count). The number of carbonyl (C=O) groups is 3. The normalized spacial score (nSPS) is 13.9. The van der Waals surface area contributed by atoms with Crippen molar-refractivity contribution in [2.45, 2.75) is 6.54 Å². The third kappa shape index (κ3) is 2.90. The Labute approximate surface area is 149 Å². The van der Waals surface area contributed by atoms with Gasteiger partial charge in [-0.1, -0.05) is 48.5 Å². The molecule has 1 saturated heterocycles. The van der Waals surface area contributed by atoms with Crippen molar-refractivity contribution in [3.05, 3.63) is 60.7 Å². The number of carbonyl (C=O) groups excluding carboxylic acids is 3. The Bertz CT molecular complexity index is 1010. The summed E-state index contributed by atoms with van der Waals surface area (Å²) < 4.78 is 1.90. The molecule has 1 fully saturated rings. The summed E-state index contributed by atoms with van der Waals surface area (Å²) in [6, 6.07) is 19.0. The van der Waals surface area contributed by atoms with Gasteiger partial charge in [0.1, 0.15) is 13.1 Å². The molecule has 0 unspecified atom stereocenters. The van der Waals surface area contributed by atoms with Crippen LogP contribution < -0.4 is 10.7 Å². The van der Waals surface area contributed by atoms with Crippen LogP contribution in [0.2, 0.25) is 0 Å². The largest absolute Gasteiger partial charge is 0.343 e. The first-order valence-corrected chi connectivity index (χ1v) is 8.16. The summed E-state index contributed by atoms with van der Waals surface area (Å²) in [6.07, 6.45) is 0. The molecule has 0 atom stereocenters. The first-order chi connectivity index (χ1) is 12.6. The molecule has 26 heavy (non-hydrogen) atoms. The van der Waals surface area contributed by atoms with E-state index in [0.717, 1.165) is 27.2 Å². The quantitative estimate of drug-likeness (QED) is 0.706. The molecule has 1 aromatic heterocycles. The minimum Gasteiger partial charge on any atom is -0.331 e. The zero-order valence-corrected chi connectivity index (χ0v) is 13.8. The Morgan fingerprint density at radius 3 is 2.50 bits per heavy atom. The van der Waals surface area contributed by atoms with Gasteiger partial charge in [-0.05, 0) is 17.7 Å². The number of urea groups is 1. The highest BCUT2D eigenvalue weighted by molar-refractivity contribution is 6.02. The highest BCUT2D eigenvalue weighted by atomic mass is 16.2. The van der Waals surface area contributed by atoms with Crippen LogP contribution in [0.15, 0.2) is 60.7 Å². The molecule has 2 aromatic carbocycles. The average Bonchev–Trinajstić information content (AvgIpc) is 3.15. The molecule has 0 spiro atoms. The van der Waals surface area contributed by atoms with Gasteiger partial charge >= 0.3 is 6.03 Å². The van der Waals surface area contributed by atoms with Gasteiger partial charge < -0.3 is 4.57 Å². The number of amides is 4. The number of fused-ring (bicyclic) bond motifs is 1. The number of nitrogens with one attached hydrogen (secondary N) is 2. The number of hydrogen-bond acceptors (Lipinski definition) is 3. The Morgan fingerprint density at radius 1 is 1.04 bits per heavy atom. The first-order valence-electron chi connectivity index (χ1n) is 8.16. The van der Waals surface area contributed by atoms with Crippen LogP contribution in [0.1, 0.15) is 0 Å². The van der Waals surface area contributed by atoms with Gasteiger partial charge in [-0.25, -0.2) is 9.80 Å². The summed E-state index contributed by atoms with van der Waals surface area (Å²) >= 11 is 0. The number of imide groups is 1. The predicted octanol–water partition coefficient (Wildman–Crippen LogP) is 1.89. The van der Waals surface area contributed by atoms with Crippen molar-refractivity contribution in [1.82, 2.24) is 20.3 Å². The van der Waals surface area contributed by atoms with Crippen LogP contribution in [-0.2, 0) is 16.1 Å². The maximum Gasteiger partial charge on any atom is 0.343 e. The lowest BCUT2D eigenvalue weighted by Gasteiger charge is -2.16. The summed E-state index contributed by atoms with van der Waals surface area (Å²) in [6.45, 7) is -0.155. The molecular formula is C19H16N4O3. The smallest absolute Gasteiger partial charge is 0.331 e. The number of aromatic nitrogens is 1. The molecule has 0 radical (unpaired) electrons. The molecular weight excluding hydrogens is 332 g/mol. The lowest BCUT2D eigenvalue weighted by molar-refractivity contribution is -0.125. The molecule has 0 bridgehead atoms. The number of benzene rings is 2. The second kappa shape index (κ2) is 6.36. The van der Waals surface area contributed by atoms with Crippen molar-refractivity contribution in [2.24, 2.45) is 0 Å². The van der Waals surface area contributed by atoms with E-state index in [9.17, 15) is 14.4 Å². The SMILES string of the molecule is O=C1CN(NC(=O)Cn2c(-c3ccccc3)cc3ccccc32)C(=O)N1. The van der Waals surface area contributed by atoms with Crippen molar-refractivity contribution >= 4 is 28.7 Å². The standard InChI is InChI=1S/C19H16N4O3/c24-17-12-23(19(26)20-17)21-18(25)11-22-15-9-5-4-8-14(15)10-16(22)13-6-2-1-3-7-13/h1-10H,11-12H2,(H,21,25)(H,20,24,26). The highest BCUT2D eigenvalue weighted by Crippen LogP contribution is 2.28. The summed E-state index contributed by atoms with van der Waals surface area (Å²) in [4.78, 5) is 35.3. The Morgan fingerprint density at radius 2 is 1.77 bits per heavy atom. The van der Waals surface area contributed by atoms with Crippen molar-refractivity contribution in [3.63, 3.8) is 0 Å². The van der Waals surface area contributed by atoms with Crippen LogP contribution in [0.3, 0.4) is 0 Å². The second-order valence-corrected chi connectivity index (χ2v) is 6.02. The molecule has 0 saturated carbocycles. The van der Waals surface area contributed by atoms with Crippen LogP contribution in [-0.4, -0.2) is 34.0 Å². The van der Waals surface area contributed by atoms with Crippen LogP contribution in [0, 0.1) is 0 Å². The lowest BCUT2D eigenvalue weighted by Crippen LogP contribution is -2.45. The van der Waals surface area contributed by atoms with Crippen molar-refractivity contribution < 1.29 is 14.4 Å². The van der Waals surface area contributed by atoms with Gasteiger partial charge in [-0.3, -0.25) is 20.3 Å². The van der Waals surface area contributed by atoms with E-state index in [0.29, 0.717) is 0 Å². The van der Waals surface area contributed by atoms with Gasteiger partial charge in [0.05, 0.1) is 0 Å². The first kappa shape index (κ1) is 15.9. The van der Waals surface area contributed by atoms with Crippen molar-refractivity contribution in [1.29, 1.82) is 0 Å². The van der Waals surface area contributed by atoms with Gasteiger partial charge in [-0.15, -0.1) is 0 Å². The lowest BCUT2D eigenvalue weighted by atomic mass is 10.1. The van der Waals surface area contributed by atoms with E-state index in [2.05, 4.69) is 10.7 Å². The van der Waals surface area contributed by atoms with Gasteiger partial charge in [0.2, 0.25) is 5.91 Å². The van der Waals surface area contributed by atoms with Gasteiger partial charge in [0, 0.05) is 16.6 Å².